The Kier molecular flexibility index (Phi) is 4.06. The molecule has 3 N–H and O–H groups in total. The smallest absolute Gasteiger partial charge is 1.00 e. The van der Waals surface area contributed by atoms with Crippen molar-refractivity contribution < 1.29 is 54.2 Å². The molecule has 0 aliphatic carbocycles. The average molecular weight is 264 g/mol. The van der Waals surface area contributed by atoms with Gasteiger partial charge in [-0.1, -0.05) is 12.1 Å². The van der Waals surface area contributed by atoms with Crippen LogP contribution in [-0.2, 0) is 10.1 Å². The Morgan fingerprint density at radius 1 is 1.06 bits per heavy atom. The first-order valence-corrected chi connectivity index (χ1v) is 5.76. The summed E-state index contributed by atoms with van der Waals surface area (Å²) in [4.78, 5) is -0.305. The zero-order chi connectivity index (χ0) is 11.9. The van der Waals surface area contributed by atoms with Gasteiger partial charge >= 0.3 is 29.6 Å². The van der Waals surface area contributed by atoms with Crippen molar-refractivity contribution in [3.8, 4) is 11.5 Å². The second-order valence-corrected chi connectivity index (χ2v) is 4.68. The monoisotopic (exact) mass is 264 g/mol. The third-order valence-electron chi connectivity index (χ3n) is 2.21. The Morgan fingerprint density at radius 2 is 1.65 bits per heavy atom. The predicted octanol–water partition coefficient (Wildman–Crippen LogP) is -1.39. The third kappa shape index (κ3) is 2.72. The van der Waals surface area contributed by atoms with Crippen LogP contribution in [0.15, 0.2) is 35.2 Å². The molecule has 5 nitrogen and oxygen atoms in total. The molecule has 0 aromatic heterocycles. The molecule has 0 bridgehead atoms. The van der Waals surface area contributed by atoms with Crippen molar-refractivity contribution in [1.82, 2.24) is 0 Å². The molecule has 0 saturated carbocycles. The largest absolute Gasteiger partial charge is 1.00 e. The first kappa shape index (κ1) is 14.3. The summed E-state index contributed by atoms with van der Waals surface area (Å²) in [6.07, 6.45) is 0. The molecule has 0 radical (unpaired) electrons. The van der Waals surface area contributed by atoms with E-state index in [1.54, 1.807) is 6.07 Å². The van der Waals surface area contributed by atoms with Crippen molar-refractivity contribution >= 4 is 20.9 Å². The van der Waals surface area contributed by atoms with Crippen LogP contribution in [-0.4, -0.2) is 23.2 Å². The molecule has 2 aromatic carbocycles. The maximum atomic E-state index is 11.1. The molecule has 2 aromatic rings. The number of hydrogen-bond acceptors (Lipinski definition) is 4. The fourth-order valence-corrected chi connectivity index (χ4v) is 2.20. The molecule has 0 spiro atoms. The van der Waals surface area contributed by atoms with E-state index in [4.69, 9.17) is 4.55 Å². The topological polar surface area (TPSA) is 94.8 Å². The molecular formula is C10H9NaO5S. The number of phenolic OH excluding ortho intramolecular Hbond substituents is 2. The summed E-state index contributed by atoms with van der Waals surface area (Å²) < 4.78 is 31.1. The van der Waals surface area contributed by atoms with Crippen molar-refractivity contribution in [1.29, 1.82) is 0 Å². The SMILES string of the molecule is O=S(=O)(O)c1cccc2cc(O)c(O)cc12.[H-].[Na+]. The van der Waals surface area contributed by atoms with E-state index in [9.17, 15) is 18.6 Å². The van der Waals surface area contributed by atoms with Crippen molar-refractivity contribution in [3.63, 3.8) is 0 Å². The second kappa shape index (κ2) is 4.83. The summed E-state index contributed by atoms with van der Waals surface area (Å²) in [5, 5.41) is 19.1. The van der Waals surface area contributed by atoms with Crippen LogP contribution in [0.5, 0.6) is 11.5 Å². The van der Waals surface area contributed by atoms with Gasteiger partial charge in [0.1, 0.15) is 4.90 Å². The van der Waals surface area contributed by atoms with Crippen LogP contribution < -0.4 is 29.6 Å². The van der Waals surface area contributed by atoms with Gasteiger partial charge in [-0.25, -0.2) is 0 Å². The minimum Gasteiger partial charge on any atom is -1.00 e. The van der Waals surface area contributed by atoms with Gasteiger partial charge in [-0.2, -0.15) is 8.42 Å². The number of hydrogen-bond donors (Lipinski definition) is 3. The van der Waals surface area contributed by atoms with E-state index in [1.807, 2.05) is 0 Å². The van der Waals surface area contributed by atoms with Crippen LogP contribution in [0.1, 0.15) is 1.43 Å². The summed E-state index contributed by atoms with van der Waals surface area (Å²) in [5.74, 6) is -0.788. The van der Waals surface area contributed by atoms with Crippen molar-refractivity contribution in [2.45, 2.75) is 4.90 Å². The Hall–Kier alpha value is -0.790. The molecular weight excluding hydrogens is 255 g/mol. The van der Waals surface area contributed by atoms with Gasteiger partial charge in [-0.3, -0.25) is 4.55 Å². The summed E-state index contributed by atoms with van der Waals surface area (Å²) in [5.41, 5.74) is 0. The Morgan fingerprint density at radius 3 is 2.24 bits per heavy atom. The molecule has 0 fully saturated rings. The van der Waals surface area contributed by atoms with Crippen LogP contribution >= 0.6 is 0 Å². The molecule has 0 amide bonds. The fourth-order valence-electron chi connectivity index (χ4n) is 1.50. The van der Waals surface area contributed by atoms with Gasteiger partial charge in [0, 0.05) is 5.39 Å². The van der Waals surface area contributed by atoms with E-state index >= 15 is 0 Å². The number of benzene rings is 2. The van der Waals surface area contributed by atoms with Gasteiger partial charge in [0.05, 0.1) is 0 Å². The third-order valence-corrected chi connectivity index (χ3v) is 3.13. The van der Waals surface area contributed by atoms with Gasteiger partial charge in [-0.15, -0.1) is 0 Å². The molecule has 0 atom stereocenters. The van der Waals surface area contributed by atoms with E-state index in [1.165, 1.54) is 18.2 Å². The summed E-state index contributed by atoms with van der Waals surface area (Å²) >= 11 is 0. The van der Waals surface area contributed by atoms with Gasteiger partial charge < -0.3 is 11.6 Å². The Balaban J connectivity index is 0.00000144. The zero-order valence-corrected chi connectivity index (χ0v) is 11.8. The molecule has 0 aliphatic heterocycles. The van der Waals surface area contributed by atoms with Gasteiger partial charge in [0.2, 0.25) is 0 Å². The fraction of sp³-hybridized carbons (Fsp3) is 0. The molecule has 0 unspecified atom stereocenters. The summed E-state index contributed by atoms with van der Waals surface area (Å²) in [7, 11) is -4.35. The summed E-state index contributed by atoms with van der Waals surface area (Å²) in [6.45, 7) is 0. The minimum absolute atomic E-state index is 0. The zero-order valence-electron chi connectivity index (χ0n) is 9.95. The molecule has 17 heavy (non-hydrogen) atoms. The molecule has 0 saturated heterocycles. The first-order valence-electron chi connectivity index (χ1n) is 4.32. The normalized spacial score (nSPS) is 11.1. The van der Waals surface area contributed by atoms with E-state index in [2.05, 4.69) is 0 Å². The predicted molar refractivity (Wildman–Crippen MR) is 58.2 cm³/mol. The minimum atomic E-state index is -4.35. The Labute approximate surface area is 121 Å². The van der Waals surface area contributed by atoms with Gasteiger partial charge in [-0.05, 0) is 23.6 Å². The molecule has 86 valence electrons. The molecule has 0 aliphatic rings. The van der Waals surface area contributed by atoms with Crippen LogP contribution in [0.25, 0.3) is 10.8 Å². The van der Waals surface area contributed by atoms with E-state index in [0.29, 0.717) is 5.39 Å². The van der Waals surface area contributed by atoms with Crippen LogP contribution in [0, 0.1) is 0 Å². The standard InChI is InChI=1S/C10H8O5S.Na.H/c11-8-4-6-2-1-3-10(16(13,14)15)7(6)5-9(8)12;;/h1-5,11-12H,(H,13,14,15);;/q;+1;-1. The van der Waals surface area contributed by atoms with Crippen molar-refractivity contribution in [3.05, 3.63) is 30.3 Å². The van der Waals surface area contributed by atoms with Gasteiger partial charge in [0.25, 0.3) is 10.1 Å². The Bertz CT molecular complexity index is 671. The number of fused-ring (bicyclic) bond motifs is 1. The van der Waals surface area contributed by atoms with Crippen LogP contribution in [0.4, 0.5) is 0 Å². The maximum Gasteiger partial charge on any atom is 1.00 e. The second-order valence-electron chi connectivity index (χ2n) is 3.29. The van der Waals surface area contributed by atoms with E-state index in [0.717, 1.165) is 6.07 Å². The van der Waals surface area contributed by atoms with E-state index < -0.39 is 15.9 Å². The van der Waals surface area contributed by atoms with Gasteiger partial charge in [0.15, 0.2) is 11.5 Å². The average Bonchev–Trinajstić information content (AvgIpc) is 2.17. The molecule has 0 heterocycles. The van der Waals surface area contributed by atoms with Crippen LogP contribution in [0.2, 0.25) is 0 Å². The molecule has 7 heteroatoms. The van der Waals surface area contributed by atoms with E-state index in [-0.39, 0.29) is 47.0 Å². The number of phenols is 2. The summed E-state index contributed by atoms with van der Waals surface area (Å²) in [6, 6.07) is 6.52. The van der Waals surface area contributed by atoms with Crippen molar-refractivity contribution in [2.75, 3.05) is 0 Å². The van der Waals surface area contributed by atoms with Crippen LogP contribution in [0.3, 0.4) is 0 Å². The number of rotatable bonds is 1. The van der Waals surface area contributed by atoms with Crippen molar-refractivity contribution in [2.24, 2.45) is 0 Å². The maximum absolute atomic E-state index is 11.1. The quantitative estimate of drug-likeness (QED) is 0.335. The number of aromatic hydroxyl groups is 2. The first-order chi connectivity index (χ1) is 7.39. The molecule has 2 rings (SSSR count).